The van der Waals surface area contributed by atoms with Gasteiger partial charge in [-0.1, -0.05) is 26.1 Å². The van der Waals surface area contributed by atoms with Crippen LogP contribution in [0.2, 0.25) is 6.32 Å². The van der Waals surface area contributed by atoms with Crippen LogP contribution in [0.5, 0.6) is 0 Å². The Morgan fingerprint density at radius 1 is 1.36 bits per heavy atom. The minimum absolute atomic E-state index is 0.0361. The van der Waals surface area contributed by atoms with Gasteiger partial charge in [-0.2, -0.15) is 0 Å². The van der Waals surface area contributed by atoms with Gasteiger partial charge >= 0.3 is 0 Å². The number of fused-ring (bicyclic) bond motifs is 1. The second-order valence-electron chi connectivity index (χ2n) is 6.26. The third kappa shape index (κ3) is 5.35. The first-order valence-corrected chi connectivity index (χ1v) is 8.72. The lowest BCUT2D eigenvalue weighted by atomic mass is 9.89. The molecule has 0 spiro atoms. The van der Waals surface area contributed by atoms with E-state index in [9.17, 15) is 9.90 Å². The van der Waals surface area contributed by atoms with Crippen molar-refractivity contribution in [2.45, 2.75) is 64.0 Å². The Kier molecular flexibility index (Phi) is 7.55. The number of pyridine rings is 1. The number of unbranched alkanes of at least 4 members (excludes halogenated alkanes) is 1. The molecule has 0 aliphatic carbocycles. The third-order valence-electron chi connectivity index (χ3n) is 4.40. The van der Waals surface area contributed by atoms with Gasteiger partial charge in [-0.15, -0.1) is 0 Å². The highest BCUT2D eigenvalue weighted by Crippen LogP contribution is 2.25. The number of aliphatic hydroxyl groups excluding tert-OH is 2. The van der Waals surface area contributed by atoms with Crippen LogP contribution in [0.15, 0.2) is 17.1 Å². The van der Waals surface area contributed by atoms with Crippen LogP contribution in [0.25, 0.3) is 10.9 Å². The largest absolute Gasteiger partial charge is 0.454 e. The SMILES string of the molecule is CCC(CC(O)CCCC[B]O)c1cc2cnc(CO)nc2c(=O)[nH]1. The van der Waals surface area contributed by atoms with E-state index < -0.39 is 6.10 Å². The number of aromatic nitrogens is 3. The highest BCUT2D eigenvalue weighted by Gasteiger charge is 2.17. The monoisotopic (exact) mass is 346 g/mol. The van der Waals surface area contributed by atoms with Gasteiger partial charge in [0.2, 0.25) is 0 Å². The summed E-state index contributed by atoms with van der Waals surface area (Å²) in [6, 6.07) is 1.85. The average molecular weight is 346 g/mol. The molecule has 2 heterocycles. The minimum atomic E-state index is -0.448. The summed E-state index contributed by atoms with van der Waals surface area (Å²) in [5.41, 5.74) is 0.720. The van der Waals surface area contributed by atoms with E-state index in [0.29, 0.717) is 24.5 Å². The van der Waals surface area contributed by atoms with E-state index in [2.05, 4.69) is 15.0 Å². The van der Waals surface area contributed by atoms with E-state index in [-0.39, 0.29) is 29.4 Å². The van der Waals surface area contributed by atoms with Crippen molar-refractivity contribution < 1.29 is 15.2 Å². The first-order chi connectivity index (χ1) is 12.1. The van der Waals surface area contributed by atoms with Crippen LogP contribution in [-0.2, 0) is 6.61 Å². The number of aromatic amines is 1. The Morgan fingerprint density at radius 2 is 2.16 bits per heavy atom. The summed E-state index contributed by atoms with van der Waals surface area (Å²) < 4.78 is 0. The maximum absolute atomic E-state index is 12.3. The van der Waals surface area contributed by atoms with Crippen LogP contribution in [0.3, 0.4) is 0 Å². The molecule has 0 bridgehead atoms. The third-order valence-corrected chi connectivity index (χ3v) is 4.40. The maximum Gasteiger partial charge on any atom is 0.287 e. The van der Waals surface area contributed by atoms with E-state index in [1.165, 1.54) is 0 Å². The molecule has 2 rings (SSSR count). The van der Waals surface area contributed by atoms with Crippen molar-refractivity contribution in [1.82, 2.24) is 15.0 Å². The zero-order chi connectivity index (χ0) is 18.2. The molecule has 0 aliphatic rings. The minimum Gasteiger partial charge on any atom is -0.454 e. The number of nitrogens with zero attached hydrogens (tertiary/aromatic N) is 2. The number of H-pyrrole nitrogens is 1. The van der Waals surface area contributed by atoms with Gasteiger partial charge in [0.1, 0.15) is 12.1 Å². The van der Waals surface area contributed by atoms with Crippen molar-refractivity contribution in [2.24, 2.45) is 0 Å². The van der Waals surface area contributed by atoms with Crippen molar-refractivity contribution >= 4 is 18.4 Å². The second-order valence-corrected chi connectivity index (χ2v) is 6.26. The van der Waals surface area contributed by atoms with E-state index >= 15 is 0 Å². The summed E-state index contributed by atoms with van der Waals surface area (Å²) in [7, 11) is 1.14. The predicted octanol–water partition coefficient (Wildman–Crippen LogP) is 1.26. The molecule has 2 aromatic rings. The first kappa shape index (κ1) is 19.6. The standard InChI is InChI=1S/C17H25BN3O4/c1-2-11(7-13(23)5-3-4-6-18-25)14-8-12-9-19-15(10-22)21-16(12)17(24)20-14/h8-9,11,13,22-23,25H,2-7,10H2,1H3,(H,20,24). The lowest BCUT2D eigenvalue weighted by molar-refractivity contribution is 0.141. The lowest BCUT2D eigenvalue weighted by Gasteiger charge is -2.19. The molecule has 2 unspecified atom stereocenters. The Labute approximate surface area is 147 Å². The molecule has 8 heteroatoms. The van der Waals surface area contributed by atoms with Gasteiger partial charge in [0.15, 0.2) is 5.82 Å². The van der Waals surface area contributed by atoms with E-state index in [1.54, 1.807) is 6.20 Å². The summed E-state index contributed by atoms with van der Waals surface area (Å²) >= 11 is 0. The Morgan fingerprint density at radius 3 is 2.84 bits per heavy atom. The highest BCUT2D eigenvalue weighted by atomic mass is 16.3. The second kappa shape index (κ2) is 9.65. The molecule has 135 valence electrons. The van der Waals surface area contributed by atoms with Crippen LogP contribution in [0, 0.1) is 0 Å². The van der Waals surface area contributed by atoms with E-state index in [4.69, 9.17) is 10.1 Å². The van der Waals surface area contributed by atoms with Crippen LogP contribution < -0.4 is 5.56 Å². The zero-order valence-corrected chi connectivity index (χ0v) is 14.5. The molecule has 7 nitrogen and oxygen atoms in total. The number of hydrogen-bond acceptors (Lipinski definition) is 6. The Bertz CT molecular complexity index is 737. The fourth-order valence-corrected chi connectivity index (χ4v) is 2.98. The van der Waals surface area contributed by atoms with E-state index in [1.807, 2.05) is 13.0 Å². The smallest absolute Gasteiger partial charge is 0.287 e. The van der Waals surface area contributed by atoms with Crippen molar-refractivity contribution in [3.63, 3.8) is 0 Å². The average Bonchev–Trinajstić information content (AvgIpc) is 2.63. The molecule has 0 saturated heterocycles. The first-order valence-electron chi connectivity index (χ1n) is 8.72. The molecule has 0 fully saturated rings. The molecule has 2 atom stereocenters. The van der Waals surface area contributed by atoms with Crippen LogP contribution in [0.4, 0.5) is 0 Å². The van der Waals surface area contributed by atoms with Crippen molar-refractivity contribution in [3.8, 4) is 0 Å². The fraction of sp³-hybridized carbons (Fsp3) is 0.588. The quantitative estimate of drug-likeness (QED) is 0.380. The molecule has 0 amide bonds. The molecule has 1 radical (unpaired) electrons. The van der Waals surface area contributed by atoms with Crippen molar-refractivity contribution in [2.75, 3.05) is 0 Å². The van der Waals surface area contributed by atoms with Crippen molar-refractivity contribution in [1.29, 1.82) is 0 Å². The van der Waals surface area contributed by atoms with Gasteiger partial charge in [0.25, 0.3) is 13.0 Å². The summed E-state index contributed by atoms with van der Waals surface area (Å²) in [5, 5.41) is 28.6. The summed E-state index contributed by atoms with van der Waals surface area (Å²) in [4.78, 5) is 23.2. The normalized spacial score (nSPS) is 13.8. The maximum atomic E-state index is 12.3. The molecule has 25 heavy (non-hydrogen) atoms. The van der Waals surface area contributed by atoms with Gasteiger partial charge in [0, 0.05) is 23.2 Å². The van der Waals surface area contributed by atoms with Gasteiger partial charge in [-0.25, -0.2) is 9.97 Å². The number of hydrogen-bond donors (Lipinski definition) is 4. The molecule has 0 saturated carbocycles. The Balaban J connectivity index is 2.13. The number of nitrogens with one attached hydrogen (secondary N) is 1. The van der Waals surface area contributed by atoms with Gasteiger partial charge in [-0.3, -0.25) is 4.79 Å². The van der Waals surface area contributed by atoms with Gasteiger partial charge < -0.3 is 20.2 Å². The fourth-order valence-electron chi connectivity index (χ4n) is 2.98. The summed E-state index contributed by atoms with van der Waals surface area (Å²) in [5.74, 6) is 0.252. The summed E-state index contributed by atoms with van der Waals surface area (Å²) in [6.07, 6.45) is 5.46. The molecular weight excluding hydrogens is 321 g/mol. The lowest BCUT2D eigenvalue weighted by Crippen LogP contribution is -2.18. The Hall–Kier alpha value is -1.77. The zero-order valence-electron chi connectivity index (χ0n) is 14.5. The van der Waals surface area contributed by atoms with Gasteiger partial charge in [0.05, 0.1) is 6.10 Å². The molecule has 0 aliphatic heterocycles. The molecular formula is C17H25BN3O4. The molecule has 4 N–H and O–H groups in total. The van der Waals surface area contributed by atoms with Crippen LogP contribution in [-0.4, -0.2) is 43.8 Å². The van der Waals surface area contributed by atoms with Crippen LogP contribution in [0.1, 0.15) is 56.5 Å². The van der Waals surface area contributed by atoms with E-state index in [0.717, 1.165) is 32.4 Å². The van der Waals surface area contributed by atoms with Crippen LogP contribution >= 0.6 is 0 Å². The van der Waals surface area contributed by atoms with Gasteiger partial charge in [-0.05, 0) is 25.3 Å². The number of aliphatic hydroxyl groups is 2. The molecule has 0 aromatic carbocycles. The molecule has 2 aromatic heterocycles. The highest BCUT2D eigenvalue weighted by molar-refractivity contribution is 6.25. The summed E-state index contributed by atoms with van der Waals surface area (Å²) in [6.45, 7) is 1.71. The predicted molar refractivity (Wildman–Crippen MR) is 96.4 cm³/mol. The van der Waals surface area contributed by atoms with Crippen molar-refractivity contribution in [3.05, 3.63) is 34.1 Å². The number of rotatable bonds is 10. The topological polar surface area (TPSA) is 119 Å².